The molecule has 0 bridgehead atoms. The Labute approximate surface area is 175 Å². The van der Waals surface area contributed by atoms with Gasteiger partial charge >= 0.3 is 0 Å². The lowest BCUT2D eigenvalue weighted by Gasteiger charge is -2.11. The molecule has 0 aliphatic rings. The second-order valence-corrected chi connectivity index (χ2v) is 8.51. The van der Waals surface area contributed by atoms with Gasteiger partial charge in [-0.25, -0.2) is 23.1 Å². The maximum Gasteiger partial charge on any atom is 0.264 e. The van der Waals surface area contributed by atoms with Crippen LogP contribution in [0.25, 0.3) is 0 Å². The monoisotopic (exact) mass is 481 g/mol. The molecule has 3 rings (SSSR count). The zero-order valence-electron chi connectivity index (χ0n) is 14.4. The first-order valence-corrected chi connectivity index (χ1v) is 10.7. The van der Waals surface area contributed by atoms with Gasteiger partial charge in [-0.3, -0.25) is 4.68 Å². The Morgan fingerprint density at radius 2 is 1.89 bits per heavy atom. The van der Waals surface area contributed by atoms with Crippen molar-refractivity contribution in [1.29, 1.82) is 0 Å². The smallest absolute Gasteiger partial charge is 0.264 e. The number of hydrogen-bond donors (Lipinski definition) is 3. The number of nitrogens with one attached hydrogen (secondary N) is 3. The van der Waals surface area contributed by atoms with Crippen molar-refractivity contribution in [2.45, 2.75) is 11.4 Å². The molecule has 0 saturated carbocycles. The second-order valence-electron chi connectivity index (χ2n) is 5.50. The minimum absolute atomic E-state index is 0.0132. The van der Waals surface area contributed by atoms with Gasteiger partial charge < -0.3 is 10.6 Å². The standard InChI is InChI=1S/C16H16BrN7O2S2/c17-12-10-21-24(11-12)9-8-20-16(27)22-13-2-4-14(5-3-13)28(25,26)23-15-18-6-1-7-19-15/h1-7,10-11H,8-9H2,(H,18,19,23)(H2,20,22,27). The summed E-state index contributed by atoms with van der Waals surface area (Å²) in [5, 5.41) is 10.6. The molecule has 0 aliphatic heterocycles. The number of hydrogen-bond acceptors (Lipinski definition) is 6. The topological polar surface area (TPSA) is 114 Å². The van der Waals surface area contributed by atoms with Crippen LogP contribution in [0.15, 0.2) is 64.5 Å². The first-order chi connectivity index (χ1) is 13.4. The van der Waals surface area contributed by atoms with E-state index in [9.17, 15) is 8.42 Å². The Morgan fingerprint density at radius 3 is 2.54 bits per heavy atom. The summed E-state index contributed by atoms with van der Waals surface area (Å²) in [6, 6.07) is 7.79. The van der Waals surface area contributed by atoms with Crippen LogP contribution in [-0.4, -0.2) is 39.8 Å². The van der Waals surface area contributed by atoms with Crippen molar-refractivity contribution >= 4 is 54.9 Å². The van der Waals surface area contributed by atoms with E-state index in [1.807, 2.05) is 6.20 Å². The third-order valence-corrected chi connectivity index (χ3v) is 5.44. The first kappa shape index (κ1) is 20.2. The Kier molecular flexibility index (Phi) is 6.54. The molecule has 2 aromatic heterocycles. The number of halogens is 1. The van der Waals surface area contributed by atoms with Crippen LogP contribution in [0.2, 0.25) is 0 Å². The molecular weight excluding hydrogens is 466 g/mol. The van der Waals surface area contributed by atoms with Crippen molar-refractivity contribution < 1.29 is 8.42 Å². The van der Waals surface area contributed by atoms with Gasteiger partial charge in [0.05, 0.1) is 22.1 Å². The summed E-state index contributed by atoms with van der Waals surface area (Å²) in [5.41, 5.74) is 0.661. The number of sulfonamides is 1. The Balaban J connectivity index is 1.52. The van der Waals surface area contributed by atoms with E-state index < -0.39 is 10.0 Å². The van der Waals surface area contributed by atoms with Gasteiger partial charge in [-0.15, -0.1) is 0 Å². The number of aromatic nitrogens is 4. The van der Waals surface area contributed by atoms with Gasteiger partial charge in [0, 0.05) is 30.8 Å². The van der Waals surface area contributed by atoms with E-state index >= 15 is 0 Å². The Bertz CT molecular complexity index is 1040. The lowest BCUT2D eigenvalue weighted by molar-refractivity contribution is 0.601. The molecule has 3 aromatic rings. The molecule has 0 spiro atoms. The fraction of sp³-hybridized carbons (Fsp3) is 0.125. The summed E-state index contributed by atoms with van der Waals surface area (Å²) >= 11 is 8.58. The fourth-order valence-corrected chi connectivity index (χ4v) is 3.67. The van der Waals surface area contributed by atoms with E-state index in [1.165, 1.54) is 24.5 Å². The average Bonchev–Trinajstić information content (AvgIpc) is 3.08. The van der Waals surface area contributed by atoms with Crippen molar-refractivity contribution in [1.82, 2.24) is 25.1 Å². The predicted octanol–water partition coefficient (Wildman–Crippen LogP) is 2.22. The van der Waals surface area contributed by atoms with Crippen LogP contribution in [-0.2, 0) is 16.6 Å². The summed E-state index contributed by atoms with van der Waals surface area (Å²) in [7, 11) is -3.77. The van der Waals surface area contributed by atoms with E-state index in [4.69, 9.17) is 12.2 Å². The maximum absolute atomic E-state index is 12.4. The fourth-order valence-electron chi connectivity index (χ4n) is 2.17. The molecule has 28 heavy (non-hydrogen) atoms. The van der Waals surface area contributed by atoms with Crippen LogP contribution in [0.4, 0.5) is 11.6 Å². The van der Waals surface area contributed by atoms with Crippen LogP contribution in [0, 0.1) is 0 Å². The average molecular weight is 482 g/mol. The molecule has 9 nitrogen and oxygen atoms in total. The maximum atomic E-state index is 12.4. The number of benzene rings is 1. The van der Waals surface area contributed by atoms with Gasteiger partial charge in [0.2, 0.25) is 5.95 Å². The van der Waals surface area contributed by atoms with Gasteiger partial charge in [-0.1, -0.05) is 0 Å². The summed E-state index contributed by atoms with van der Waals surface area (Å²) in [6.07, 6.45) is 6.49. The third kappa shape index (κ3) is 5.71. The van der Waals surface area contributed by atoms with Gasteiger partial charge in [-0.05, 0) is 58.5 Å². The molecule has 0 aliphatic carbocycles. The van der Waals surface area contributed by atoms with Gasteiger partial charge in [-0.2, -0.15) is 5.10 Å². The second kappa shape index (κ2) is 9.08. The van der Waals surface area contributed by atoms with Crippen LogP contribution in [0.1, 0.15) is 0 Å². The molecule has 0 amide bonds. The molecule has 0 saturated heterocycles. The van der Waals surface area contributed by atoms with Crippen LogP contribution in [0.5, 0.6) is 0 Å². The van der Waals surface area contributed by atoms with Crippen LogP contribution in [0.3, 0.4) is 0 Å². The van der Waals surface area contributed by atoms with Crippen molar-refractivity contribution in [3.8, 4) is 0 Å². The van der Waals surface area contributed by atoms with Gasteiger partial charge in [0.1, 0.15) is 0 Å². The third-order valence-electron chi connectivity index (χ3n) is 3.44. The highest BCUT2D eigenvalue weighted by Crippen LogP contribution is 2.16. The quantitative estimate of drug-likeness (QED) is 0.440. The van der Waals surface area contributed by atoms with Gasteiger partial charge in [0.15, 0.2) is 5.11 Å². The van der Waals surface area contributed by atoms with Crippen LogP contribution < -0.4 is 15.4 Å². The van der Waals surface area contributed by atoms with Gasteiger partial charge in [0.25, 0.3) is 10.0 Å². The number of rotatable bonds is 7. The number of anilines is 2. The Hall–Kier alpha value is -2.57. The molecule has 0 unspecified atom stereocenters. The molecule has 0 fully saturated rings. The predicted molar refractivity (Wildman–Crippen MR) is 113 cm³/mol. The van der Waals surface area contributed by atoms with E-state index in [2.05, 4.69) is 46.4 Å². The summed E-state index contributed by atoms with van der Waals surface area (Å²) in [6.45, 7) is 1.24. The Morgan fingerprint density at radius 1 is 1.18 bits per heavy atom. The zero-order chi connectivity index (χ0) is 20.0. The molecule has 2 heterocycles. The minimum atomic E-state index is -3.77. The van der Waals surface area contributed by atoms with E-state index in [0.29, 0.717) is 23.9 Å². The molecule has 1 aromatic carbocycles. The minimum Gasteiger partial charge on any atom is -0.361 e. The SMILES string of the molecule is O=S(=O)(Nc1ncccn1)c1ccc(NC(=S)NCCn2cc(Br)cn2)cc1. The highest BCUT2D eigenvalue weighted by Gasteiger charge is 2.15. The van der Waals surface area contributed by atoms with Crippen LogP contribution >= 0.6 is 28.1 Å². The van der Waals surface area contributed by atoms with E-state index in [0.717, 1.165) is 4.47 Å². The highest BCUT2D eigenvalue weighted by molar-refractivity contribution is 9.10. The molecule has 12 heteroatoms. The van der Waals surface area contributed by atoms with Crippen molar-refractivity contribution in [3.05, 3.63) is 59.6 Å². The van der Waals surface area contributed by atoms with Crippen molar-refractivity contribution in [2.75, 3.05) is 16.6 Å². The lowest BCUT2D eigenvalue weighted by atomic mass is 10.3. The number of nitrogens with zero attached hydrogens (tertiary/aromatic N) is 4. The molecule has 146 valence electrons. The van der Waals surface area contributed by atoms with Crippen molar-refractivity contribution in [3.63, 3.8) is 0 Å². The molecular formula is C16H16BrN7O2S2. The summed E-state index contributed by atoms with van der Waals surface area (Å²) in [4.78, 5) is 7.79. The van der Waals surface area contributed by atoms with E-state index in [-0.39, 0.29) is 10.8 Å². The molecule has 3 N–H and O–H groups in total. The largest absolute Gasteiger partial charge is 0.361 e. The highest BCUT2D eigenvalue weighted by atomic mass is 79.9. The normalized spacial score (nSPS) is 11.0. The zero-order valence-corrected chi connectivity index (χ0v) is 17.6. The summed E-state index contributed by atoms with van der Waals surface area (Å²) in [5.74, 6) is 0.0132. The molecule has 0 radical (unpaired) electrons. The lowest BCUT2D eigenvalue weighted by Crippen LogP contribution is -2.31. The van der Waals surface area contributed by atoms with Crippen molar-refractivity contribution in [2.24, 2.45) is 0 Å². The van der Waals surface area contributed by atoms with E-state index in [1.54, 1.807) is 29.1 Å². The molecule has 0 atom stereocenters. The first-order valence-electron chi connectivity index (χ1n) is 8.05. The number of thiocarbonyl (C=S) groups is 1. The summed E-state index contributed by atoms with van der Waals surface area (Å²) < 4.78 is 29.7.